The largest absolute Gasteiger partial charge is 0.369 e. The second kappa shape index (κ2) is 4.90. The second-order valence-electron chi connectivity index (χ2n) is 4.10. The molecule has 2 N–H and O–H groups in total. The van der Waals surface area contributed by atoms with Crippen LogP contribution in [-0.4, -0.2) is 39.8 Å². The van der Waals surface area contributed by atoms with Gasteiger partial charge in [-0.1, -0.05) is 0 Å². The van der Waals surface area contributed by atoms with Gasteiger partial charge in [0.15, 0.2) is 0 Å². The van der Waals surface area contributed by atoms with Gasteiger partial charge in [0.05, 0.1) is 5.56 Å². The minimum absolute atomic E-state index is 0.0893. The summed E-state index contributed by atoms with van der Waals surface area (Å²) < 4.78 is 0. The van der Waals surface area contributed by atoms with Gasteiger partial charge >= 0.3 is 0 Å². The van der Waals surface area contributed by atoms with Crippen LogP contribution in [0.15, 0.2) is 18.7 Å². The van der Waals surface area contributed by atoms with Gasteiger partial charge in [-0.05, 0) is 12.8 Å². The van der Waals surface area contributed by atoms with Gasteiger partial charge in [-0.25, -0.2) is 9.97 Å². The number of piperidine rings is 1. The quantitative estimate of drug-likeness (QED) is 0.768. The van der Waals surface area contributed by atoms with Crippen molar-refractivity contribution in [1.29, 1.82) is 0 Å². The normalized spacial score (nSPS) is 16.8. The zero-order chi connectivity index (χ0) is 12.3. The number of rotatable bonds is 2. The molecule has 6 heteroatoms. The highest BCUT2D eigenvalue weighted by molar-refractivity contribution is 5.93. The molecule has 90 valence electrons. The van der Waals surface area contributed by atoms with E-state index in [1.807, 2.05) is 0 Å². The van der Waals surface area contributed by atoms with Crippen LogP contribution in [0.1, 0.15) is 23.2 Å². The average Bonchev–Trinajstić information content (AvgIpc) is 2.39. The van der Waals surface area contributed by atoms with Gasteiger partial charge in [0.2, 0.25) is 5.91 Å². The topological polar surface area (TPSA) is 89.2 Å². The minimum atomic E-state index is -0.278. The number of nitrogens with two attached hydrogens (primary N) is 1. The second-order valence-corrected chi connectivity index (χ2v) is 4.10. The van der Waals surface area contributed by atoms with Crippen molar-refractivity contribution in [2.45, 2.75) is 12.8 Å². The van der Waals surface area contributed by atoms with Crippen molar-refractivity contribution >= 4 is 11.8 Å². The van der Waals surface area contributed by atoms with Crippen LogP contribution in [0.3, 0.4) is 0 Å². The van der Waals surface area contributed by atoms with Crippen molar-refractivity contribution in [2.24, 2.45) is 11.7 Å². The van der Waals surface area contributed by atoms with Crippen LogP contribution >= 0.6 is 0 Å². The summed E-state index contributed by atoms with van der Waals surface area (Å²) in [6.45, 7) is 1.11. The van der Waals surface area contributed by atoms with Crippen LogP contribution in [0.2, 0.25) is 0 Å². The molecule has 1 saturated heterocycles. The number of primary amides is 1. The molecule has 2 heterocycles. The lowest BCUT2D eigenvalue weighted by atomic mass is 9.96. The Bertz CT molecular complexity index is 413. The fourth-order valence-corrected chi connectivity index (χ4v) is 1.96. The zero-order valence-corrected chi connectivity index (χ0v) is 9.37. The van der Waals surface area contributed by atoms with Crippen LogP contribution < -0.4 is 5.73 Å². The number of hydrogen-bond acceptors (Lipinski definition) is 4. The molecular formula is C11H14N4O2. The summed E-state index contributed by atoms with van der Waals surface area (Å²) in [5, 5.41) is 0. The van der Waals surface area contributed by atoms with Crippen molar-refractivity contribution < 1.29 is 9.59 Å². The van der Waals surface area contributed by atoms with Crippen LogP contribution in [0.4, 0.5) is 0 Å². The summed E-state index contributed by atoms with van der Waals surface area (Å²) in [5.41, 5.74) is 5.71. The molecule has 1 aliphatic heterocycles. The van der Waals surface area contributed by atoms with E-state index < -0.39 is 0 Å². The highest BCUT2D eigenvalue weighted by Gasteiger charge is 2.26. The number of amides is 2. The van der Waals surface area contributed by atoms with Crippen molar-refractivity contribution in [3.8, 4) is 0 Å². The van der Waals surface area contributed by atoms with Crippen LogP contribution in [0.25, 0.3) is 0 Å². The van der Waals surface area contributed by atoms with E-state index in [-0.39, 0.29) is 17.7 Å². The first-order valence-electron chi connectivity index (χ1n) is 5.52. The molecule has 2 amide bonds. The van der Waals surface area contributed by atoms with E-state index in [0.717, 1.165) is 0 Å². The predicted molar refractivity (Wildman–Crippen MR) is 59.9 cm³/mol. The standard InChI is InChI=1S/C11H14N4O2/c12-10(16)8-1-3-15(4-2-8)11(17)9-5-13-7-14-6-9/h5-8H,1-4H2,(H2,12,16). The Morgan fingerprint density at radius 2 is 1.82 bits per heavy atom. The highest BCUT2D eigenvalue weighted by atomic mass is 16.2. The Balaban J connectivity index is 1.98. The Morgan fingerprint density at radius 1 is 1.24 bits per heavy atom. The SMILES string of the molecule is NC(=O)C1CCN(C(=O)c2cncnc2)CC1. The molecule has 1 aromatic heterocycles. The van der Waals surface area contributed by atoms with Gasteiger partial charge in [0, 0.05) is 31.4 Å². The van der Waals surface area contributed by atoms with Gasteiger partial charge in [-0.15, -0.1) is 0 Å². The number of carbonyl (C=O) groups is 2. The summed E-state index contributed by atoms with van der Waals surface area (Å²) in [5.74, 6) is -0.472. The summed E-state index contributed by atoms with van der Waals surface area (Å²) in [4.78, 5) is 32.3. The van der Waals surface area contributed by atoms with Crippen molar-refractivity contribution in [2.75, 3.05) is 13.1 Å². The Hall–Kier alpha value is -1.98. The maximum atomic E-state index is 12.0. The molecule has 1 fully saturated rings. The van der Waals surface area contributed by atoms with Crippen molar-refractivity contribution in [3.63, 3.8) is 0 Å². The molecule has 1 aromatic rings. The smallest absolute Gasteiger partial charge is 0.256 e. The summed E-state index contributed by atoms with van der Waals surface area (Å²) in [7, 11) is 0. The van der Waals surface area contributed by atoms with Crippen molar-refractivity contribution in [1.82, 2.24) is 14.9 Å². The molecule has 1 aliphatic rings. The highest BCUT2D eigenvalue weighted by Crippen LogP contribution is 2.18. The summed E-state index contributed by atoms with van der Waals surface area (Å²) >= 11 is 0. The predicted octanol–water partition coefficient (Wildman–Crippen LogP) is -0.186. The molecule has 0 aliphatic carbocycles. The summed E-state index contributed by atoms with van der Waals surface area (Å²) in [6, 6.07) is 0. The molecule has 0 unspecified atom stereocenters. The number of hydrogen-bond donors (Lipinski definition) is 1. The molecule has 0 aromatic carbocycles. The van der Waals surface area contributed by atoms with Crippen molar-refractivity contribution in [3.05, 3.63) is 24.3 Å². The van der Waals surface area contributed by atoms with Gasteiger partial charge in [-0.3, -0.25) is 9.59 Å². The monoisotopic (exact) mass is 234 g/mol. The van der Waals surface area contributed by atoms with Crippen LogP contribution in [0.5, 0.6) is 0 Å². The third-order valence-corrected chi connectivity index (χ3v) is 2.99. The third-order valence-electron chi connectivity index (χ3n) is 2.99. The molecular weight excluding hydrogens is 220 g/mol. The Kier molecular flexibility index (Phi) is 3.32. The molecule has 2 rings (SSSR count). The van der Waals surface area contributed by atoms with E-state index >= 15 is 0 Å². The fraction of sp³-hybridized carbons (Fsp3) is 0.455. The van der Waals surface area contributed by atoms with Gasteiger partial charge in [0.25, 0.3) is 5.91 Å². The van der Waals surface area contributed by atoms with E-state index in [1.165, 1.54) is 18.7 Å². The Morgan fingerprint density at radius 3 is 2.35 bits per heavy atom. The number of aromatic nitrogens is 2. The molecule has 17 heavy (non-hydrogen) atoms. The van der Waals surface area contributed by atoms with E-state index in [2.05, 4.69) is 9.97 Å². The number of carbonyl (C=O) groups excluding carboxylic acids is 2. The van der Waals surface area contributed by atoms with E-state index in [4.69, 9.17) is 5.73 Å². The maximum Gasteiger partial charge on any atom is 0.256 e. The van der Waals surface area contributed by atoms with Gasteiger partial charge in [-0.2, -0.15) is 0 Å². The lowest BCUT2D eigenvalue weighted by Crippen LogP contribution is -2.41. The van der Waals surface area contributed by atoms with Crippen LogP contribution in [0, 0.1) is 5.92 Å². The number of nitrogens with zero attached hydrogens (tertiary/aromatic N) is 3. The fourth-order valence-electron chi connectivity index (χ4n) is 1.96. The molecule has 0 saturated carbocycles. The molecule has 6 nitrogen and oxygen atoms in total. The van der Waals surface area contributed by atoms with E-state index in [1.54, 1.807) is 4.90 Å². The molecule has 0 atom stereocenters. The van der Waals surface area contributed by atoms with Crippen LogP contribution in [-0.2, 0) is 4.79 Å². The zero-order valence-electron chi connectivity index (χ0n) is 9.37. The molecule has 0 spiro atoms. The molecule has 0 radical (unpaired) electrons. The third kappa shape index (κ3) is 2.58. The first-order chi connectivity index (χ1) is 8.18. The average molecular weight is 234 g/mol. The summed E-state index contributed by atoms with van der Waals surface area (Å²) in [6.07, 6.45) is 5.64. The first kappa shape index (κ1) is 11.5. The number of likely N-dealkylation sites (tertiary alicyclic amines) is 1. The molecule has 0 bridgehead atoms. The first-order valence-corrected chi connectivity index (χ1v) is 5.52. The van der Waals surface area contributed by atoms with Gasteiger partial charge in [0.1, 0.15) is 6.33 Å². The van der Waals surface area contributed by atoms with E-state index in [0.29, 0.717) is 31.5 Å². The lowest BCUT2D eigenvalue weighted by molar-refractivity contribution is -0.123. The van der Waals surface area contributed by atoms with E-state index in [9.17, 15) is 9.59 Å². The minimum Gasteiger partial charge on any atom is -0.369 e. The van der Waals surface area contributed by atoms with Gasteiger partial charge < -0.3 is 10.6 Å². The lowest BCUT2D eigenvalue weighted by Gasteiger charge is -2.30. The Labute approximate surface area is 98.8 Å². The maximum absolute atomic E-state index is 12.0.